The third kappa shape index (κ3) is 2.08. The Bertz CT molecular complexity index is 479. The highest BCUT2D eigenvalue weighted by molar-refractivity contribution is 9.10. The van der Waals surface area contributed by atoms with Gasteiger partial charge in [-0.15, -0.1) is 0 Å². The van der Waals surface area contributed by atoms with E-state index in [2.05, 4.69) is 27.8 Å². The maximum Gasteiger partial charge on any atom is 0.141 e. The van der Waals surface area contributed by atoms with Crippen molar-refractivity contribution in [1.29, 1.82) is 0 Å². The van der Waals surface area contributed by atoms with Gasteiger partial charge in [0.2, 0.25) is 0 Å². The molecule has 1 aromatic carbocycles. The molecular weight excluding hydrogens is 275 g/mol. The average molecular weight is 286 g/mol. The van der Waals surface area contributed by atoms with Crippen LogP contribution < -0.4 is 0 Å². The van der Waals surface area contributed by atoms with Crippen molar-refractivity contribution in [3.63, 3.8) is 0 Å². The normalized spacial score (nSPS) is 10.6. The lowest BCUT2D eigenvalue weighted by Gasteiger charge is -2.06. The molecule has 15 heavy (non-hydrogen) atoms. The summed E-state index contributed by atoms with van der Waals surface area (Å²) >= 11 is 9.47. The summed E-state index contributed by atoms with van der Waals surface area (Å²) in [6, 6.07) is 8.03. The predicted octanol–water partition coefficient (Wildman–Crippen LogP) is 3.99. The standard InChI is InChI=1S/C11H10BrClN2/c1-2-15-10(13)7-14-11(15)8-4-3-5-9(12)6-8/h3-7H,2H2,1H3. The zero-order chi connectivity index (χ0) is 10.8. The lowest BCUT2D eigenvalue weighted by Crippen LogP contribution is -1.97. The summed E-state index contributed by atoms with van der Waals surface area (Å²) in [6.45, 7) is 2.87. The number of rotatable bonds is 2. The van der Waals surface area contributed by atoms with Crippen LogP contribution in [-0.2, 0) is 6.54 Å². The van der Waals surface area contributed by atoms with Crippen LogP contribution in [0, 0.1) is 0 Å². The fourth-order valence-electron chi connectivity index (χ4n) is 1.51. The van der Waals surface area contributed by atoms with E-state index in [0.29, 0.717) is 5.15 Å². The first-order valence-corrected chi connectivity index (χ1v) is 5.86. The fraction of sp³-hybridized carbons (Fsp3) is 0.182. The van der Waals surface area contributed by atoms with Crippen molar-refractivity contribution in [3.8, 4) is 11.4 Å². The Morgan fingerprint density at radius 2 is 2.27 bits per heavy atom. The van der Waals surface area contributed by atoms with E-state index >= 15 is 0 Å². The monoisotopic (exact) mass is 284 g/mol. The summed E-state index contributed by atoms with van der Waals surface area (Å²) in [5.41, 5.74) is 1.07. The quantitative estimate of drug-likeness (QED) is 0.816. The van der Waals surface area contributed by atoms with Gasteiger partial charge in [-0.3, -0.25) is 0 Å². The van der Waals surface area contributed by atoms with E-state index in [0.717, 1.165) is 22.4 Å². The molecule has 4 heteroatoms. The summed E-state index contributed by atoms with van der Waals surface area (Å²) in [5, 5.41) is 0.674. The van der Waals surface area contributed by atoms with E-state index in [1.165, 1.54) is 0 Å². The van der Waals surface area contributed by atoms with E-state index in [4.69, 9.17) is 11.6 Å². The molecule has 1 aromatic heterocycles. The van der Waals surface area contributed by atoms with Gasteiger partial charge in [-0.25, -0.2) is 4.98 Å². The van der Waals surface area contributed by atoms with Gasteiger partial charge >= 0.3 is 0 Å². The molecule has 0 amide bonds. The van der Waals surface area contributed by atoms with Gasteiger partial charge in [0, 0.05) is 16.6 Å². The number of hydrogen-bond donors (Lipinski definition) is 0. The topological polar surface area (TPSA) is 17.8 Å². The fourth-order valence-corrected chi connectivity index (χ4v) is 2.16. The Balaban J connectivity index is 2.54. The van der Waals surface area contributed by atoms with E-state index in [9.17, 15) is 0 Å². The molecule has 0 aliphatic carbocycles. The van der Waals surface area contributed by atoms with Crippen LogP contribution in [0.1, 0.15) is 6.92 Å². The third-order valence-electron chi connectivity index (χ3n) is 2.21. The number of hydrogen-bond acceptors (Lipinski definition) is 1. The second kappa shape index (κ2) is 4.37. The van der Waals surface area contributed by atoms with Gasteiger partial charge in [-0.2, -0.15) is 0 Å². The van der Waals surface area contributed by atoms with Crippen LogP contribution in [-0.4, -0.2) is 9.55 Å². The second-order valence-electron chi connectivity index (χ2n) is 3.16. The molecule has 2 aromatic rings. The van der Waals surface area contributed by atoms with Crippen molar-refractivity contribution in [2.24, 2.45) is 0 Å². The first kappa shape index (κ1) is 10.7. The summed E-state index contributed by atoms with van der Waals surface area (Å²) in [6.07, 6.45) is 1.68. The van der Waals surface area contributed by atoms with Gasteiger partial charge in [0.05, 0.1) is 6.20 Å². The van der Waals surface area contributed by atoms with Crippen molar-refractivity contribution < 1.29 is 0 Å². The lowest BCUT2D eigenvalue weighted by molar-refractivity contribution is 0.771. The Morgan fingerprint density at radius 3 is 2.93 bits per heavy atom. The average Bonchev–Trinajstić information content (AvgIpc) is 2.59. The summed E-state index contributed by atoms with van der Waals surface area (Å²) in [5.74, 6) is 0.906. The highest BCUT2D eigenvalue weighted by Gasteiger charge is 2.08. The van der Waals surface area contributed by atoms with Crippen LogP contribution in [0.25, 0.3) is 11.4 Å². The van der Waals surface area contributed by atoms with E-state index in [1.807, 2.05) is 28.8 Å². The summed E-state index contributed by atoms with van der Waals surface area (Å²) in [7, 11) is 0. The van der Waals surface area contributed by atoms with Gasteiger partial charge < -0.3 is 4.57 Å². The van der Waals surface area contributed by atoms with Crippen molar-refractivity contribution in [3.05, 3.63) is 40.1 Å². The molecule has 0 aliphatic heterocycles. The molecule has 0 N–H and O–H groups in total. The molecule has 2 rings (SSSR count). The lowest BCUT2D eigenvalue weighted by atomic mass is 10.2. The molecule has 0 fully saturated rings. The van der Waals surface area contributed by atoms with Crippen molar-refractivity contribution in [2.45, 2.75) is 13.5 Å². The summed E-state index contributed by atoms with van der Waals surface area (Å²) in [4.78, 5) is 4.31. The maximum atomic E-state index is 6.02. The van der Waals surface area contributed by atoms with Gasteiger partial charge in [0.25, 0.3) is 0 Å². The molecule has 2 nitrogen and oxygen atoms in total. The zero-order valence-electron chi connectivity index (χ0n) is 8.24. The van der Waals surface area contributed by atoms with Crippen molar-refractivity contribution in [2.75, 3.05) is 0 Å². The van der Waals surface area contributed by atoms with Gasteiger partial charge in [-0.05, 0) is 19.1 Å². The SMILES string of the molecule is CCn1c(Cl)cnc1-c1cccc(Br)c1. The van der Waals surface area contributed by atoms with Crippen molar-refractivity contribution in [1.82, 2.24) is 9.55 Å². The van der Waals surface area contributed by atoms with E-state index in [1.54, 1.807) is 6.20 Å². The molecule has 0 atom stereocenters. The Morgan fingerprint density at radius 1 is 1.47 bits per heavy atom. The van der Waals surface area contributed by atoms with Crippen LogP contribution in [0.3, 0.4) is 0 Å². The molecule has 0 radical (unpaired) electrons. The van der Waals surface area contributed by atoms with Gasteiger partial charge in [-0.1, -0.05) is 39.7 Å². The molecule has 0 aliphatic rings. The number of nitrogens with zero attached hydrogens (tertiary/aromatic N) is 2. The minimum absolute atomic E-state index is 0.674. The molecule has 0 saturated heterocycles. The predicted molar refractivity (Wildman–Crippen MR) is 66.0 cm³/mol. The molecule has 0 unspecified atom stereocenters. The molecular formula is C11H10BrClN2. The highest BCUT2D eigenvalue weighted by atomic mass is 79.9. The molecule has 78 valence electrons. The Kier molecular flexibility index (Phi) is 3.12. The largest absolute Gasteiger partial charge is 0.315 e. The van der Waals surface area contributed by atoms with Gasteiger partial charge in [0.1, 0.15) is 11.0 Å². The second-order valence-corrected chi connectivity index (χ2v) is 4.46. The Labute approximate surface area is 102 Å². The molecule has 0 bridgehead atoms. The zero-order valence-corrected chi connectivity index (χ0v) is 10.6. The van der Waals surface area contributed by atoms with Crippen molar-refractivity contribution >= 4 is 27.5 Å². The van der Waals surface area contributed by atoms with Gasteiger partial charge in [0.15, 0.2) is 0 Å². The maximum absolute atomic E-state index is 6.02. The van der Waals surface area contributed by atoms with Crippen LogP contribution in [0.4, 0.5) is 0 Å². The molecule has 0 saturated carbocycles. The van der Waals surface area contributed by atoms with E-state index in [-0.39, 0.29) is 0 Å². The van der Waals surface area contributed by atoms with Crippen LogP contribution in [0.5, 0.6) is 0 Å². The minimum atomic E-state index is 0.674. The van der Waals surface area contributed by atoms with E-state index < -0.39 is 0 Å². The number of benzene rings is 1. The van der Waals surface area contributed by atoms with Crippen LogP contribution in [0.15, 0.2) is 34.9 Å². The smallest absolute Gasteiger partial charge is 0.141 e. The summed E-state index contributed by atoms with van der Waals surface area (Å²) < 4.78 is 3.02. The minimum Gasteiger partial charge on any atom is -0.315 e. The third-order valence-corrected chi connectivity index (χ3v) is 3.00. The number of imidazole rings is 1. The number of halogens is 2. The molecule has 1 heterocycles. The van der Waals surface area contributed by atoms with Crippen LogP contribution in [0.2, 0.25) is 5.15 Å². The molecule has 0 spiro atoms. The Hall–Kier alpha value is -0.800. The first-order chi connectivity index (χ1) is 7.22. The van der Waals surface area contributed by atoms with Crippen LogP contribution >= 0.6 is 27.5 Å². The first-order valence-electron chi connectivity index (χ1n) is 4.69. The number of aromatic nitrogens is 2. The highest BCUT2D eigenvalue weighted by Crippen LogP contribution is 2.24.